The van der Waals surface area contributed by atoms with Gasteiger partial charge < -0.3 is 15.5 Å². The molecule has 0 aromatic carbocycles. The summed E-state index contributed by atoms with van der Waals surface area (Å²) in [5.41, 5.74) is 6.78. The molecule has 1 aromatic heterocycles. The van der Waals surface area contributed by atoms with Gasteiger partial charge in [0.25, 0.3) is 0 Å². The molecular formula is C15H26N4. The van der Waals surface area contributed by atoms with Crippen molar-refractivity contribution in [3.8, 4) is 0 Å². The Morgan fingerprint density at radius 1 is 1.32 bits per heavy atom. The molecule has 4 heteroatoms. The average molecular weight is 262 g/mol. The summed E-state index contributed by atoms with van der Waals surface area (Å²) in [7, 11) is 4.31. The van der Waals surface area contributed by atoms with Gasteiger partial charge in [-0.15, -0.1) is 0 Å². The van der Waals surface area contributed by atoms with E-state index in [2.05, 4.69) is 41.0 Å². The van der Waals surface area contributed by atoms with Crippen LogP contribution in [-0.4, -0.2) is 50.2 Å². The molecule has 0 saturated carbocycles. The van der Waals surface area contributed by atoms with E-state index in [0.29, 0.717) is 6.54 Å². The van der Waals surface area contributed by atoms with Crippen molar-refractivity contribution in [1.29, 1.82) is 0 Å². The first-order chi connectivity index (χ1) is 9.19. The third-order valence-electron chi connectivity index (χ3n) is 3.80. The fourth-order valence-corrected chi connectivity index (χ4v) is 2.78. The summed E-state index contributed by atoms with van der Waals surface area (Å²) in [5.74, 6) is 1.95. The molecule has 4 nitrogen and oxygen atoms in total. The number of hydrogen-bond acceptors (Lipinski definition) is 4. The third-order valence-corrected chi connectivity index (χ3v) is 3.80. The molecule has 0 amide bonds. The zero-order valence-electron chi connectivity index (χ0n) is 12.2. The molecule has 2 N–H and O–H groups in total. The molecule has 1 aromatic rings. The summed E-state index contributed by atoms with van der Waals surface area (Å²) in [5, 5.41) is 0. The smallest absolute Gasteiger partial charge is 0.128 e. The van der Waals surface area contributed by atoms with Gasteiger partial charge >= 0.3 is 0 Å². The van der Waals surface area contributed by atoms with Gasteiger partial charge in [-0.05, 0) is 57.5 Å². The highest BCUT2D eigenvalue weighted by Crippen LogP contribution is 2.22. The van der Waals surface area contributed by atoms with Gasteiger partial charge in [0, 0.05) is 25.8 Å². The maximum absolute atomic E-state index is 5.55. The van der Waals surface area contributed by atoms with Crippen molar-refractivity contribution >= 4 is 5.82 Å². The highest BCUT2D eigenvalue weighted by molar-refractivity contribution is 5.39. The molecule has 106 valence electrons. The SMILES string of the molecule is CN(C)CC1CCN(c2ccc(CCN)cn2)CC1. The Bertz CT molecular complexity index is 366. The maximum atomic E-state index is 5.55. The van der Waals surface area contributed by atoms with Crippen molar-refractivity contribution in [3.63, 3.8) is 0 Å². The van der Waals surface area contributed by atoms with Crippen LogP contribution in [0, 0.1) is 5.92 Å². The van der Waals surface area contributed by atoms with Gasteiger partial charge in [0.1, 0.15) is 5.82 Å². The Morgan fingerprint density at radius 2 is 2.05 bits per heavy atom. The molecule has 19 heavy (non-hydrogen) atoms. The van der Waals surface area contributed by atoms with Crippen molar-refractivity contribution in [1.82, 2.24) is 9.88 Å². The lowest BCUT2D eigenvalue weighted by molar-refractivity contribution is 0.284. The van der Waals surface area contributed by atoms with Gasteiger partial charge in [-0.3, -0.25) is 0 Å². The summed E-state index contributed by atoms with van der Waals surface area (Å²) in [6.45, 7) is 4.15. The number of pyridine rings is 1. The number of anilines is 1. The molecule has 1 aliphatic rings. The lowest BCUT2D eigenvalue weighted by atomic mass is 9.96. The highest BCUT2D eigenvalue weighted by Gasteiger charge is 2.20. The average Bonchev–Trinajstić information content (AvgIpc) is 2.40. The number of nitrogens with zero attached hydrogens (tertiary/aromatic N) is 3. The molecule has 0 aliphatic carbocycles. The van der Waals surface area contributed by atoms with Crippen molar-refractivity contribution in [2.45, 2.75) is 19.3 Å². The lowest BCUT2D eigenvalue weighted by Gasteiger charge is -2.34. The third kappa shape index (κ3) is 4.18. The van der Waals surface area contributed by atoms with E-state index in [-0.39, 0.29) is 0 Å². The van der Waals surface area contributed by atoms with Crippen LogP contribution >= 0.6 is 0 Å². The van der Waals surface area contributed by atoms with E-state index < -0.39 is 0 Å². The number of piperidine rings is 1. The van der Waals surface area contributed by atoms with Crippen LogP contribution in [0.4, 0.5) is 5.82 Å². The van der Waals surface area contributed by atoms with Gasteiger partial charge in [0.2, 0.25) is 0 Å². The first-order valence-electron chi connectivity index (χ1n) is 7.23. The molecule has 1 saturated heterocycles. The van der Waals surface area contributed by atoms with Crippen LogP contribution in [0.15, 0.2) is 18.3 Å². The maximum Gasteiger partial charge on any atom is 0.128 e. The molecule has 2 rings (SSSR count). The summed E-state index contributed by atoms with van der Waals surface area (Å²) < 4.78 is 0. The van der Waals surface area contributed by atoms with Crippen LogP contribution in [0.2, 0.25) is 0 Å². The van der Waals surface area contributed by atoms with Crippen molar-refractivity contribution in [3.05, 3.63) is 23.9 Å². The molecule has 0 atom stereocenters. The lowest BCUT2D eigenvalue weighted by Crippen LogP contribution is -2.37. The van der Waals surface area contributed by atoms with E-state index in [4.69, 9.17) is 5.73 Å². The minimum absolute atomic E-state index is 0.691. The zero-order chi connectivity index (χ0) is 13.7. The fraction of sp³-hybridized carbons (Fsp3) is 0.667. The predicted octanol–water partition coefficient (Wildman–Crippen LogP) is 1.36. The standard InChI is InChI=1S/C15H26N4/c1-18(2)12-14-6-9-19(10-7-14)15-4-3-13(5-8-16)11-17-15/h3-4,11,14H,5-10,12,16H2,1-2H3. The van der Waals surface area contributed by atoms with E-state index in [0.717, 1.165) is 31.2 Å². The van der Waals surface area contributed by atoms with Crippen LogP contribution in [0.1, 0.15) is 18.4 Å². The Morgan fingerprint density at radius 3 is 2.58 bits per heavy atom. The first kappa shape index (κ1) is 14.3. The van der Waals surface area contributed by atoms with Crippen molar-refractivity contribution < 1.29 is 0 Å². The minimum Gasteiger partial charge on any atom is -0.357 e. The fourth-order valence-electron chi connectivity index (χ4n) is 2.78. The van der Waals surface area contributed by atoms with E-state index in [1.165, 1.54) is 24.9 Å². The van der Waals surface area contributed by atoms with Gasteiger partial charge in [-0.1, -0.05) is 6.07 Å². The zero-order valence-corrected chi connectivity index (χ0v) is 12.2. The molecule has 1 aliphatic heterocycles. The number of nitrogens with two attached hydrogens (primary N) is 1. The van der Waals surface area contributed by atoms with E-state index in [1.807, 2.05) is 6.20 Å². The first-order valence-corrected chi connectivity index (χ1v) is 7.23. The molecule has 0 unspecified atom stereocenters. The Hall–Kier alpha value is -1.13. The highest BCUT2D eigenvalue weighted by atomic mass is 15.2. The quantitative estimate of drug-likeness (QED) is 0.870. The van der Waals surface area contributed by atoms with Crippen LogP contribution in [0.5, 0.6) is 0 Å². The number of hydrogen-bond donors (Lipinski definition) is 1. The van der Waals surface area contributed by atoms with Crippen molar-refractivity contribution in [2.24, 2.45) is 11.7 Å². The van der Waals surface area contributed by atoms with E-state index in [9.17, 15) is 0 Å². The summed E-state index contributed by atoms with van der Waals surface area (Å²) >= 11 is 0. The molecular weight excluding hydrogens is 236 g/mol. The summed E-state index contributed by atoms with van der Waals surface area (Å²) in [6.07, 6.45) is 5.42. The normalized spacial score (nSPS) is 17.2. The largest absolute Gasteiger partial charge is 0.357 e. The Kier molecular flexibility index (Phi) is 5.16. The van der Waals surface area contributed by atoms with Gasteiger partial charge in [-0.25, -0.2) is 4.98 Å². The predicted molar refractivity (Wildman–Crippen MR) is 80.5 cm³/mol. The second kappa shape index (κ2) is 6.87. The van der Waals surface area contributed by atoms with E-state index in [1.54, 1.807) is 0 Å². The second-order valence-corrected chi connectivity index (χ2v) is 5.76. The Labute approximate surface area is 116 Å². The molecule has 0 spiro atoms. The van der Waals surface area contributed by atoms with E-state index >= 15 is 0 Å². The second-order valence-electron chi connectivity index (χ2n) is 5.76. The van der Waals surface area contributed by atoms with Gasteiger partial charge in [0.05, 0.1) is 0 Å². The van der Waals surface area contributed by atoms with Crippen LogP contribution in [-0.2, 0) is 6.42 Å². The monoisotopic (exact) mass is 262 g/mol. The summed E-state index contributed by atoms with van der Waals surface area (Å²) in [4.78, 5) is 9.26. The van der Waals surface area contributed by atoms with Gasteiger partial charge in [-0.2, -0.15) is 0 Å². The molecule has 0 bridgehead atoms. The molecule has 0 radical (unpaired) electrons. The van der Waals surface area contributed by atoms with Crippen LogP contribution in [0.25, 0.3) is 0 Å². The van der Waals surface area contributed by atoms with Crippen LogP contribution < -0.4 is 10.6 Å². The molecule has 2 heterocycles. The molecule has 1 fully saturated rings. The summed E-state index contributed by atoms with van der Waals surface area (Å²) in [6, 6.07) is 4.29. The topological polar surface area (TPSA) is 45.4 Å². The number of aromatic nitrogens is 1. The van der Waals surface area contributed by atoms with Gasteiger partial charge in [0.15, 0.2) is 0 Å². The van der Waals surface area contributed by atoms with Crippen molar-refractivity contribution in [2.75, 3.05) is 45.2 Å². The minimum atomic E-state index is 0.691. The Balaban J connectivity index is 1.87. The van der Waals surface area contributed by atoms with Crippen LogP contribution in [0.3, 0.4) is 0 Å². The number of rotatable bonds is 5.